The molecule has 3 nitrogen and oxygen atoms in total. The Labute approximate surface area is 235 Å². The minimum Gasteiger partial charge on any atom is -0.456 e. The molecule has 3 heteroatoms. The van der Waals surface area contributed by atoms with Crippen LogP contribution in [0.5, 0.6) is 0 Å². The second-order valence-electron chi connectivity index (χ2n) is 10.6. The van der Waals surface area contributed by atoms with Gasteiger partial charge in [-0.1, -0.05) is 78.9 Å². The van der Waals surface area contributed by atoms with Crippen molar-refractivity contribution in [2.75, 3.05) is 4.90 Å². The van der Waals surface area contributed by atoms with Gasteiger partial charge in [-0.2, -0.15) is 0 Å². The molecule has 0 atom stereocenters. The van der Waals surface area contributed by atoms with Crippen molar-refractivity contribution < 1.29 is 8.83 Å². The second-order valence-corrected chi connectivity index (χ2v) is 10.6. The van der Waals surface area contributed by atoms with Crippen molar-refractivity contribution in [3.8, 4) is 0 Å². The van der Waals surface area contributed by atoms with Crippen molar-refractivity contribution in [1.29, 1.82) is 0 Å². The van der Waals surface area contributed by atoms with Gasteiger partial charge in [0.1, 0.15) is 22.3 Å². The zero-order chi connectivity index (χ0) is 26.9. The van der Waals surface area contributed by atoms with E-state index in [0.717, 1.165) is 60.9 Å². The minimum atomic E-state index is 0.885. The number of rotatable bonds is 3. The van der Waals surface area contributed by atoms with Gasteiger partial charge in [-0.15, -0.1) is 0 Å². The van der Waals surface area contributed by atoms with Crippen molar-refractivity contribution in [3.05, 3.63) is 140 Å². The summed E-state index contributed by atoms with van der Waals surface area (Å²) in [5.74, 6) is 0. The van der Waals surface area contributed by atoms with Crippen LogP contribution in [0.2, 0.25) is 0 Å². The first-order chi connectivity index (χ1) is 20.3. The minimum absolute atomic E-state index is 0.885. The van der Waals surface area contributed by atoms with Gasteiger partial charge >= 0.3 is 0 Å². The van der Waals surface area contributed by atoms with Gasteiger partial charge in [0.25, 0.3) is 0 Å². The molecule has 0 aliphatic carbocycles. The molecule has 7 aromatic carbocycles. The van der Waals surface area contributed by atoms with E-state index in [1.165, 1.54) is 21.5 Å². The summed E-state index contributed by atoms with van der Waals surface area (Å²) in [6, 6.07) is 49.2. The number of hydrogen-bond acceptors (Lipinski definition) is 3. The van der Waals surface area contributed by atoms with Crippen molar-refractivity contribution in [2.24, 2.45) is 0 Å². The smallest absolute Gasteiger partial charge is 0.135 e. The van der Waals surface area contributed by atoms with Crippen LogP contribution in [0.15, 0.2) is 148 Å². The third-order valence-electron chi connectivity index (χ3n) is 8.22. The zero-order valence-electron chi connectivity index (χ0n) is 22.0. The Morgan fingerprint density at radius 2 is 0.780 bits per heavy atom. The zero-order valence-corrected chi connectivity index (χ0v) is 22.0. The van der Waals surface area contributed by atoms with Crippen LogP contribution >= 0.6 is 0 Å². The number of para-hydroxylation sites is 2. The molecule has 0 radical (unpaired) electrons. The topological polar surface area (TPSA) is 29.5 Å². The van der Waals surface area contributed by atoms with Crippen LogP contribution in [0.25, 0.3) is 65.4 Å². The van der Waals surface area contributed by atoms with Crippen LogP contribution in [-0.2, 0) is 0 Å². The largest absolute Gasteiger partial charge is 0.456 e. The highest BCUT2D eigenvalue weighted by Crippen LogP contribution is 2.42. The molecule has 192 valence electrons. The fourth-order valence-corrected chi connectivity index (χ4v) is 6.29. The summed E-state index contributed by atoms with van der Waals surface area (Å²) in [5.41, 5.74) is 6.79. The summed E-state index contributed by atoms with van der Waals surface area (Å²) >= 11 is 0. The van der Waals surface area contributed by atoms with Crippen molar-refractivity contribution in [2.45, 2.75) is 0 Å². The highest BCUT2D eigenvalue weighted by atomic mass is 16.3. The summed E-state index contributed by atoms with van der Waals surface area (Å²) < 4.78 is 12.3. The van der Waals surface area contributed by atoms with Gasteiger partial charge in [0.05, 0.1) is 0 Å². The summed E-state index contributed by atoms with van der Waals surface area (Å²) in [6.45, 7) is 0. The van der Waals surface area contributed by atoms with E-state index in [9.17, 15) is 0 Å². The Kier molecular flexibility index (Phi) is 4.61. The maximum absolute atomic E-state index is 6.16. The molecule has 0 N–H and O–H groups in total. The summed E-state index contributed by atoms with van der Waals surface area (Å²) in [4.78, 5) is 2.33. The number of nitrogens with zero attached hydrogens (tertiary/aromatic N) is 1. The Morgan fingerprint density at radius 1 is 0.317 bits per heavy atom. The number of furan rings is 2. The maximum atomic E-state index is 6.16. The predicted molar refractivity (Wildman–Crippen MR) is 171 cm³/mol. The highest BCUT2D eigenvalue weighted by Gasteiger charge is 2.18. The number of hydrogen-bond donors (Lipinski definition) is 0. The highest BCUT2D eigenvalue weighted by molar-refractivity contribution is 6.10. The Hall–Kier alpha value is -5.54. The van der Waals surface area contributed by atoms with E-state index in [1.54, 1.807) is 0 Å². The lowest BCUT2D eigenvalue weighted by Gasteiger charge is -2.26. The molecule has 0 bridgehead atoms. The molecule has 0 saturated heterocycles. The Bertz CT molecular complexity index is 2330. The molecule has 0 saturated carbocycles. The van der Waals surface area contributed by atoms with E-state index in [4.69, 9.17) is 8.83 Å². The summed E-state index contributed by atoms with van der Waals surface area (Å²) in [5, 5.41) is 9.40. The monoisotopic (exact) mass is 525 g/mol. The molecule has 0 unspecified atom stereocenters. The van der Waals surface area contributed by atoms with Crippen LogP contribution in [0.4, 0.5) is 17.1 Å². The average molecular weight is 526 g/mol. The fraction of sp³-hybridized carbons (Fsp3) is 0. The van der Waals surface area contributed by atoms with Crippen molar-refractivity contribution in [3.63, 3.8) is 0 Å². The molecule has 2 heterocycles. The van der Waals surface area contributed by atoms with E-state index in [-0.39, 0.29) is 0 Å². The molecular weight excluding hydrogens is 502 g/mol. The molecule has 0 aliphatic heterocycles. The summed E-state index contributed by atoms with van der Waals surface area (Å²) in [6.07, 6.45) is 0. The Morgan fingerprint density at radius 3 is 1.44 bits per heavy atom. The molecule has 0 aliphatic rings. The third kappa shape index (κ3) is 3.39. The number of benzene rings is 7. The van der Waals surface area contributed by atoms with Crippen LogP contribution in [-0.4, -0.2) is 0 Å². The summed E-state index contributed by atoms with van der Waals surface area (Å²) in [7, 11) is 0. The first-order valence-electron chi connectivity index (χ1n) is 13.8. The number of fused-ring (bicyclic) bond motifs is 9. The van der Waals surface area contributed by atoms with Crippen LogP contribution in [0.1, 0.15) is 0 Å². The quantitative estimate of drug-likeness (QED) is 0.215. The molecule has 0 fully saturated rings. The lowest BCUT2D eigenvalue weighted by Crippen LogP contribution is -2.09. The van der Waals surface area contributed by atoms with E-state index in [1.807, 2.05) is 24.3 Å². The van der Waals surface area contributed by atoms with E-state index in [0.29, 0.717) is 0 Å². The lowest BCUT2D eigenvalue weighted by atomic mass is 10.0. The second kappa shape index (κ2) is 8.48. The normalized spacial score (nSPS) is 11.9. The van der Waals surface area contributed by atoms with Gasteiger partial charge in [-0.05, 0) is 82.2 Å². The SMILES string of the molecule is c1ccc2c(c1)ccc1cc(N(c3ccc4oc5ccccc5c4c3)c3ccc4oc5ccccc5c4c3)ccc12. The van der Waals surface area contributed by atoms with Gasteiger partial charge in [0, 0.05) is 38.6 Å². The van der Waals surface area contributed by atoms with Gasteiger partial charge < -0.3 is 13.7 Å². The third-order valence-corrected chi connectivity index (χ3v) is 8.22. The van der Waals surface area contributed by atoms with E-state index >= 15 is 0 Å². The molecule has 2 aromatic heterocycles. The standard InChI is InChI=1S/C38H23NO2/c1-2-8-29-24(7-1)13-14-25-21-26(15-18-30(25)29)39(27-16-19-37-33(22-27)31-9-3-5-11-35(31)40-37)28-17-20-38-34(23-28)32-10-4-6-12-36(32)41-38/h1-23H. The first kappa shape index (κ1) is 22.3. The average Bonchev–Trinajstić information content (AvgIpc) is 3.59. The molecule has 0 amide bonds. The first-order valence-corrected chi connectivity index (χ1v) is 13.8. The number of anilines is 3. The molecule has 9 aromatic rings. The van der Waals surface area contributed by atoms with Crippen molar-refractivity contribution >= 4 is 82.5 Å². The lowest BCUT2D eigenvalue weighted by molar-refractivity contribution is 0.668. The van der Waals surface area contributed by atoms with E-state index < -0.39 is 0 Å². The molecule has 41 heavy (non-hydrogen) atoms. The van der Waals surface area contributed by atoms with Crippen LogP contribution in [0.3, 0.4) is 0 Å². The van der Waals surface area contributed by atoms with Gasteiger partial charge in [0.15, 0.2) is 0 Å². The van der Waals surface area contributed by atoms with Gasteiger partial charge in [-0.3, -0.25) is 0 Å². The van der Waals surface area contributed by atoms with Crippen molar-refractivity contribution in [1.82, 2.24) is 0 Å². The van der Waals surface area contributed by atoms with E-state index in [2.05, 4.69) is 120 Å². The Balaban J connectivity index is 1.31. The maximum Gasteiger partial charge on any atom is 0.135 e. The fourth-order valence-electron chi connectivity index (χ4n) is 6.29. The van der Waals surface area contributed by atoms with Gasteiger partial charge in [-0.25, -0.2) is 0 Å². The predicted octanol–water partition coefficient (Wildman–Crippen LogP) is 11.3. The molecule has 0 spiro atoms. The van der Waals surface area contributed by atoms with Gasteiger partial charge in [0.2, 0.25) is 0 Å². The molecule has 9 rings (SSSR count). The molecular formula is C38H23NO2. The van der Waals surface area contributed by atoms with Crippen LogP contribution in [0, 0.1) is 0 Å². The van der Waals surface area contributed by atoms with Crippen LogP contribution < -0.4 is 4.90 Å².